The van der Waals surface area contributed by atoms with E-state index in [0.29, 0.717) is 29.4 Å². The smallest absolute Gasteiger partial charge is 0.164 e. The van der Waals surface area contributed by atoms with Gasteiger partial charge in [-0.2, -0.15) is 0 Å². The van der Waals surface area contributed by atoms with E-state index in [9.17, 15) is 8.78 Å². The normalized spacial score (nSPS) is 16.5. The molecule has 0 fully saturated rings. The molecule has 0 bridgehead atoms. The van der Waals surface area contributed by atoms with E-state index < -0.39 is 11.6 Å². The van der Waals surface area contributed by atoms with E-state index in [2.05, 4.69) is 21.7 Å². The van der Waals surface area contributed by atoms with Gasteiger partial charge in [-0.25, -0.2) is 8.78 Å². The number of aryl methyl sites for hydroxylation is 1. The fraction of sp³-hybridized carbons (Fsp3) is 0.333. The molecule has 1 aromatic heterocycles. The van der Waals surface area contributed by atoms with Crippen molar-refractivity contribution in [1.29, 1.82) is 0 Å². The molecule has 2 heterocycles. The van der Waals surface area contributed by atoms with E-state index in [4.69, 9.17) is 14.2 Å². The largest absolute Gasteiger partial charge is 0.496 e. The summed E-state index contributed by atoms with van der Waals surface area (Å²) in [4.78, 5) is 2.26. The maximum atomic E-state index is 13.9. The van der Waals surface area contributed by atoms with Crippen molar-refractivity contribution in [1.82, 2.24) is 9.47 Å². The molecule has 1 aliphatic heterocycles. The Bertz CT molecular complexity index is 1070. The van der Waals surface area contributed by atoms with Crippen molar-refractivity contribution in [2.75, 3.05) is 27.9 Å². The Kier molecular flexibility index (Phi) is 6.13. The van der Waals surface area contributed by atoms with Gasteiger partial charge < -0.3 is 18.8 Å². The predicted molar refractivity (Wildman–Crippen MR) is 114 cm³/mol. The van der Waals surface area contributed by atoms with Crippen molar-refractivity contribution in [3.63, 3.8) is 0 Å². The van der Waals surface area contributed by atoms with Gasteiger partial charge >= 0.3 is 0 Å². The van der Waals surface area contributed by atoms with Crippen molar-refractivity contribution in [3.8, 4) is 17.2 Å². The minimum absolute atomic E-state index is 0.166. The molecule has 0 spiro atoms. The van der Waals surface area contributed by atoms with E-state index in [0.717, 1.165) is 30.8 Å². The molecule has 1 unspecified atom stereocenters. The van der Waals surface area contributed by atoms with Crippen LogP contribution in [0.1, 0.15) is 29.3 Å². The summed E-state index contributed by atoms with van der Waals surface area (Å²) in [6.07, 6.45) is 2.99. The summed E-state index contributed by atoms with van der Waals surface area (Å²) in [5.41, 5.74) is 2.73. The quantitative estimate of drug-likeness (QED) is 0.566. The van der Waals surface area contributed by atoms with Crippen LogP contribution in [0.3, 0.4) is 0 Å². The number of aromatic nitrogens is 1. The van der Waals surface area contributed by atoms with Crippen molar-refractivity contribution in [2.24, 2.45) is 0 Å². The van der Waals surface area contributed by atoms with Crippen molar-refractivity contribution in [2.45, 2.75) is 25.6 Å². The molecular formula is C24H26F2N2O3. The second-order valence-corrected chi connectivity index (χ2v) is 7.55. The zero-order valence-corrected chi connectivity index (χ0v) is 17.9. The summed E-state index contributed by atoms with van der Waals surface area (Å²) in [5.74, 6) is 0.183. The number of benzene rings is 2. The van der Waals surface area contributed by atoms with Crippen molar-refractivity contribution < 1.29 is 23.0 Å². The highest BCUT2D eigenvalue weighted by Gasteiger charge is 2.31. The van der Waals surface area contributed by atoms with Crippen LogP contribution in [0.2, 0.25) is 0 Å². The predicted octanol–water partition coefficient (Wildman–Crippen LogP) is 4.79. The van der Waals surface area contributed by atoms with E-state index in [1.165, 1.54) is 12.1 Å². The van der Waals surface area contributed by atoms with Gasteiger partial charge in [0.25, 0.3) is 0 Å². The lowest BCUT2D eigenvalue weighted by Gasteiger charge is -2.32. The number of hydrogen-bond donors (Lipinski definition) is 0. The zero-order chi connectivity index (χ0) is 22.0. The average Bonchev–Trinajstić information content (AvgIpc) is 3.17. The van der Waals surface area contributed by atoms with E-state index in [1.807, 2.05) is 18.2 Å². The number of halogens is 2. The maximum absolute atomic E-state index is 13.9. The number of rotatable bonds is 6. The minimum atomic E-state index is -0.841. The fourth-order valence-electron chi connectivity index (χ4n) is 4.30. The molecule has 164 valence electrons. The second-order valence-electron chi connectivity index (χ2n) is 7.55. The lowest BCUT2D eigenvalue weighted by atomic mass is 9.99. The molecule has 0 radical (unpaired) electrons. The molecule has 0 N–H and O–H groups in total. The summed E-state index contributed by atoms with van der Waals surface area (Å²) in [7, 11) is 4.81. The molecule has 3 aromatic rings. The molecule has 1 aliphatic rings. The molecule has 0 saturated heterocycles. The summed E-state index contributed by atoms with van der Waals surface area (Å²) in [6, 6.07) is 11.8. The van der Waals surface area contributed by atoms with Crippen LogP contribution in [0.15, 0.2) is 48.7 Å². The van der Waals surface area contributed by atoms with E-state index in [-0.39, 0.29) is 6.04 Å². The van der Waals surface area contributed by atoms with Crippen LogP contribution in [0.25, 0.3) is 0 Å². The van der Waals surface area contributed by atoms with Crippen LogP contribution in [-0.2, 0) is 13.1 Å². The molecule has 0 saturated carbocycles. The Morgan fingerprint density at radius 1 is 0.871 bits per heavy atom. The first kappa shape index (κ1) is 21.2. The third kappa shape index (κ3) is 4.10. The maximum Gasteiger partial charge on any atom is 0.164 e. The fourth-order valence-corrected chi connectivity index (χ4v) is 4.30. The molecule has 2 aromatic carbocycles. The Morgan fingerprint density at radius 3 is 2.32 bits per heavy atom. The zero-order valence-electron chi connectivity index (χ0n) is 17.9. The summed E-state index contributed by atoms with van der Waals surface area (Å²) in [5, 5.41) is 0. The first-order chi connectivity index (χ1) is 15.0. The van der Waals surface area contributed by atoms with E-state index in [1.54, 1.807) is 27.4 Å². The average molecular weight is 428 g/mol. The highest BCUT2D eigenvalue weighted by Crippen LogP contribution is 2.43. The molecule has 4 rings (SSSR count). The SMILES string of the molecule is COc1cc(OC)c(C2c3cccn3CCCN2Cc2ccc(F)c(F)c2)cc1OC. The van der Waals surface area contributed by atoms with Gasteiger partial charge in [-0.3, -0.25) is 4.90 Å². The first-order valence-electron chi connectivity index (χ1n) is 10.2. The molecule has 5 nitrogen and oxygen atoms in total. The molecular weight excluding hydrogens is 402 g/mol. The van der Waals surface area contributed by atoms with Gasteiger partial charge in [0.05, 0.1) is 27.4 Å². The van der Waals surface area contributed by atoms with Crippen LogP contribution in [0.5, 0.6) is 17.2 Å². The summed E-state index contributed by atoms with van der Waals surface area (Å²) in [6.45, 7) is 2.12. The monoisotopic (exact) mass is 428 g/mol. The number of nitrogens with zero attached hydrogens (tertiary/aromatic N) is 2. The summed E-state index contributed by atoms with van der Waals surface area (Å²) >= 11 is 0. The van der Waals surface area contributed by atoms with Gasteiger partial charge in [0, 0.05) is 43.2 Å². The molecule has 0 amide bonds. The number of ether oxygens (including phenoxy) is 3. The standard InChI is InChI=1S/C24H26F2N2O3/c1-29-21-14-23(31-3)22(30-2)13-17(21)24-20-6-4-9-27(20)10-5-11-28(24)15-16-7-8-18(25)19(26)12-16/h4,6-9,12-14,24H,5,10-11,15H2,1-3H3. The molecule has 1 atom stereocenters. The van der Waals surface area contributed by atoms with E-state index >= 15 is 0 Å². The summed E-state index contributed by atoms with van der Waals surface area (Å²) < 4.78 is 46.3. The van der Waals surface area contributed by atoms with Crippen LogP contribution in [-0.4, -0.2) is 37.3 Å². The van der Waals surface area contributed by atoms with Gasteiger partial charge in [0.15, 0.2) is 23.1 Å². The number of fused-ring (bicyclic) bond motifs is 1. The van der Waals surface area contributed by atoms with Crippen LogP contribution in [0.4, 0.5) is 8.78 Å². The Balaban J connectivity index is 1.83. The van der Waals surface area contributed by atoms with Crippen LogP contribution >= 0.6 is 0 Å². The Hall–Kier alpha value is -3.06. The highest BCUT2D eigenvalue weighted by molar-refractivity contribution is 5.53. The van der Waals surface area contributed by atoms with Gasteiger partial charge in [0.2, 0.25) is 0 Å². The second kappa shape index (κ2) is 8.98. The third-order valence-corrected chi connectivity index (χ3v) is 5.75. The van der Waals surface area contributed by atoms with Gasteiger partial charge in [0.1, 0.15) is 5.75 Å². The lowest BCUT2D eigenvalue weighted by Crippen LogP contribution is -2.30. The van der Waals surface area contributed by atoms with Gasteiger partial charge in [-0.15, -0.1) is 0 Å². The topological polar surface area (TPSA) is 35.9 Å². The number of methoxy groups -OCH3 is 3. The number of hydrogen-bond acceptors (Lipinski definition) is 4. The highest BCUT2D eigenvalue weighted by atomic mass is 19.2. The van der Waals surface area contributed by atoms with Gasteiger partial charge in [-0.05, 0) is 42.3 Å². The van der Waals surface area contributed by atoms with Crippen LogP contribution < -0.4 is 14.2 Å². The Labute approximate surface area is 180 Å². The van der Waals surface area contributed by atoms with Crippen molar-refractivity contribution in [3.05, 3.63) is 77.1 Å². The molecule has 0 aliphatic carbocycles. The molecule has 31 heavy (non-hydrogen) atoms. The molecule has 7 heteroatoms. The van der Waals surface area contributed by atoms with Crippen molar-refractivity contribution >= 4 is 0 Å². The third-order valence-electron chi connectivity index (χ3n) is 5.75. The minimum Gasteiger partial charge on any atom is -0.496 e. The van der Waals surface area contributed by atoms with Gasteiger partial charge in [-0.1, -0.05) is 6.07 Å². The van der Waals surface area contributed by atoms with Crippen LogP contribution in [0, 0.1) is 11.6 Å². The Morgan fingerprint density at radius 2 is 1.61 bits per heavy atom. The lowest BCUT2D eigenvalue weighted by molar-refractivity contribution is 0.215. The first-order valence-corrected chi connectivity index (χ1v) is 10.2.